The zero-order valence-electron chi connectivity index (χ0n) is 11.3. The molecule has 0 aliphatic heterocycles. The predicted molar refractivity (Wildman–Crippen MR) is 77.1 cm³/mol. The first-order valence-corrected chi connectivity index (χ1v) is 7.70. The zero-order chi connectivity index (χ0) is 13.7. The minimum atomic E-state index is -0.307. The van der Waals surface area contributed by atoms with Crippen LogP contribution in [0.25, 0.3) is 0 Å². The number of nitrogens with one attached hydrogen (secondary N) is 2. The van der Waals surface area contributed by atoms with Gasteiger partial charge in [-0.25, -0.2) is 4.79 Å². The average Bonchev–Trinajstić information content (AvgIpc) is 2.91. The van der Waals surface area contributed by atoms with Crippen LogP contribution in [-0.2, 0) is 6.54 Å². The van der Waals surface area contributed by atoms with Crippen molar-refractivity contribution in [3.63, 3.8) is 0 Å². The lowest BCUT2D eigenvalue weighted by molar-refractivity contribution is 0.00309. The predicted octanol–water partition coefficient (Wildman–Crippen LogP) is 2.49. The van der Waals surface area contributed by atoms with E-state index in [0.29, 0.717) is 13.1 Å². The fourth-order valence-electron chi connectivity index (χ4n) is 2.51. The molecule has 4 nitrogen and oxygen atoms in total. The Morgan fingerprint density at radius 2 is 2.37 bits per heavy atom. The van der Waals surface area contributed by atoms with Gasteiger partial charge in [-0.3, -0.25) is 0 Å². The van der Waals surface area contributed by atoms with Gasteiger partial charge in [0.05, 0.1) is 12.6 Å². The highest BCUT2D eigenvalue weighted by Crippen LogP contribution is 2.35. The maximum Gasteiger partial charge on any atom is 0.315 e. The van der Waals surface area contributed by atoms with Gasteiger partial charge in [-0.05, 0) is 24.3 Å². The van der Waals surface area contributed by atoms with Gasteiger partial charge in [0.1, 0.15) is 0 Å². The summed E-state index contributed by atoms with van der Waals surface area (Å²) >= 11 is 1.63. The number of carbonyl (C=O) groups is 1. The number of hydrogen-bond acceptors (Lipinski definition) is 3. The van der Waals surface area contributed by atoms with Crippen molar-refractivity contribution in [3.8, 4) is 0 Å². The molecule has 1 heterocycles. The molecule has 0 bridgehead atoms. The van der Waals surface area contributed by atoms with Crippen LogP contribution < -0.4 is 10.6 Å². The van der Waals surface area contributed by atoms with E-state index in [9.17, 15) is 9.90 Å². The topological polar surface area (TPSA) is 61.4 Å². The van der Waals surface area contributed by atoms with Crippen LogP contribution in [0.3, 0.4) is 0 Å². The van der Waals surface area contributed by atoms with Crippen molar-refractivity contribution in [2.24, 2.45) is 5.41 Å². The van der Waals surface area contributed by atoms with Crippen molar-refractivity contribution in [2.75, 3.05) is 6.54 Å². The summed E-state index contributed by atoms with van der Waals surface area (Å²) in [6.07, 6.45) is 3.72. The summed E-state index contributed by atoms with van der Waals surface area (Å²) in [6.45, 7) is 3.14. The van der Waals surface area contributed by atoms with Crippen LogP contribution in [0, 0.1) is 5.41 Å². The summed E-state index contributed by atoms with van der Waals surface area (Å²) in [5, 5.41) is 17.8. The number of rotatable bonds is 4. The van der Waals surface area contributed by atoms with Gasteiger partial charge in [0.15, 0.2) is 0 Å². The molecule has 2 rings (SSSR count). The molecule has 1 aliphatic carbocycles. The lowest BCUT2D eigenvalue weighted by atomic mass is 9.73. The van der Waals surface area contributed by atoms with Gasteiger partial charge < -0.3 is 15.7 Å². The molecular weight excluding hydrogens is 260 g/mol. The van der Waals surface area contributed by atoms with Crippen molar-refractivity contribution >= 4 is 17.4 Å². The normalized spacial score (nSPS) is 26.9. The molecule has 0 saturated heterocycles. The van der Waals surface area contributed by atoms with Gasteiger partial charge in [-0.15, -0.1) is 11.3 Å². The monoisotopic (exact) mass is 282 g/mol. The van der Waals surface area contributed by atoms with Crippen molar-refractivity contribution < 1.29 is 9.90 Å². The third-order valence-corrected chi connectivity index (χ3v) is 4.81. The second-order valence-electron chi connectivity index (χ2n) is 5.53. The SMILES string of the molecule is CC1(CNC(=O)NCc2cccs2)CCCCC1O. The average molecular weight is 282 g/mol. The Balaban J connectivity index is 1.73. The number of amides is 2. The third-order valence-electron chi connectivity index (χ3n) is 3.94. The number of carbonyl (C=O) groups excluding carboxylic acids is 1. The maximum atomic E-state index is 11.7. The van der Waals surface area contributed by atoms with Crippen molar-refractivity contribution in [1.29, 1.82) is 0 Å². The standard InChI is InChI=1S/C14H22N2O2S/c1-14(7-3-2-6-12(14)17)10-16-13(18)15-9-11-5-4-8-19-11/h4-5,8,12,17H,2-3,6-7,9-10H2,1H3,(H2,15,16,18). The lowest BCUT2D eigenvalue weighted by Crippen LogP contribution is -2.47. The first kappa shape index (κ1) is 14.3. The maximum absolute atomic E-state index is 11.7. The molecule has 0 aromatic carbocycles. The number of aliphatic hydroxyl groups excluding tert-OH is 1. The molecule has 0 radical (unpaired) electrons. The highest BCUT2D eigenvalue weighted by Gasteiger charge is 2.35. The van der Waals surface area contributed by atoms with E-state index in [1.165, 1.54) is 0 Å². The second kappa shape index (κ2) is 6.39. The van der Waals surface area contributed by atoms with Gasteiger partial charge in [-0.1, -0.05) is 25.8 Å². The fraction of sp³-hybridized carbons (Fsp3) is 0.643. The molecule has 3 N–H and O–H groups in total. The fourth-order valence-corrected chi connectivity index (χ4v) is 3.16. The van der Waals surface area contributed by atoms with Crippen LogP contribution in [0.15, 0.2) is 17.5 Å². The molecule has 2 unspecified atom stereocenters. The Hall–Kier alpha value is -1.07. The molecule has 5 heteroatoms. The summed E-state index contributed by atoms with van der Waals surface area (Å²) in [6, 6.07) is 3.81. The summed E-state index contributed by atoms with van der Waals surface area (Å²) < 4.78 is 0. The first-order chi connectivity index (χ1) is 9.10. The van der Waals surface area contributed by atoms with Crippen molar-refractivity contribution in [1.82, 2.24) is 10.6 Å². The highest BCUT2D eigenvalue weighted by atomic mass is 32.1. The van der Waals surface area contributed by atoms with E-state index in [1.54, 1.807) is 11.3 Å². The number of thiophene rings is 1. The molecule has 19 heavy (non-hydrogen) atoms. The molecule has 1 aromatic rings. The lowest BCUT2D eigenvalue weighted by Gasteiger charge is -2.38. The second-order valence-corrected chi connectivity index (χ2v) is 6.56. The van der Waals surface area contributed by atoms with E-state index in [0.717, 1.165) is 30.6 Å². The molecule has 1 aliphatic rings. The van der Waals surface area contributed by atoms with Gasteiger partial charge in [-0.2, -0.15) is 0 Å². The van der Waals surface area contributed by atoms with Crippen LogP contribution in [-0.4, -0.2) is 23.8 Å². The van der Waals surface area contributed by atoms with Crippen molar-refractivity contribution in [2.45, 2.75) is 45.3 Å². The Morgan fingerprint density at radius 1 is 1.53 bits per heavy atom. The zero-order valence-corrected chi connectivity index (χ0v) is 12.1. The van der Waals surface area contributed by atoms with Crippen LogP contribution >= 0.6 is 11.3 Å². The first-order valence-electron chi connectivity index (χ1n) is 6.82. The quantitative estimate of drug-likeness (QED) is 0.794. The third kappa shape index (κ3) is 3.94. The van der Waals surface area contributed by atoms with Gasteiger partial charge in [0.2, 0.25) is 0 Å². The summed E-state index contributed by atoms with van der Waals surface area (Å²) in [5.41, 5.74) is -0.182. The van der Waals surface area contributed by atoms with Gasteiger partial charge in [0.25, 0.3) is 0 Å². The van der Waals surface area contributed by atoms with Crippen LogP contribution in [0.1, 0.15) is 37.5 Å². The minimum absolute atomic E-state index is 0.160. The summed E-state index contributed by atoms with van der Waals surface area (Å²) in [7, 11) is 0. The molecule has 106 valence electrons. The molecule has 2 atom stereocenters. The van der Waals surface area contributed by atoms with E-state index < -0.39 is 0 Å². The Bertz CT molecular complexity index is 408. The Kier molecular flexibility index (Phi) is 4.82. The number of aliphatic hydroxyl groups is 1. The highest BCUT2D eigenvalue weighted by molar-refractivity contribution is 7.09. The Morgan fingerprint density at radius 3 is 3.05 bits per heavy atom. The summed E-state index contributed by atoms with van der Waals surface area (Å²) in [4.78, 5) is 12.9. The molecule has 1 aromatic heterocycles. The van der Waals surface area contributed by atoms with Gasteiger partial charge in [0, 0.05) is 16.8 Å². The van der Waals surface area contributed by atoms with Crippen molar-refractivity contribution in [3.05, 3.63) is 22.4 Å². The number of hydrogen-bond donors (Lipinski definition) is 3. The molecule has 1 saturated carbocycles. The van der Waals surface area contributed by atoms with Crippen LogP contribution in [0.5, 0.6) is 0 Å². The minimum Gasteiger partial charge on any atom is -0.392 e. The largest absolute Gasteiger partial charge is 0.392 e. The van der Waals surface area contributed by atoms with E-state index in [1.807, 2.05) is 17.5 Å². The van der Waals surface area contributed by atoms with Gasteiger partial charge >= 0.3 is 6.03 Å². The van der Waals surface area contributed by atoms with E-state index in [-0.39, 0.29) is 17.6 Å². The van der Waals surface area contributed by atoms with E-state index in [2.05, 4.69) is 17.6 Å². The molecule has 2 amide bonds. The summed E-state index contributed by atoms with van der Waals surface area (Å²) in [5.74, 6) is 0. The molecule has 0 spiro atoms. The molecular formula is C14H22N2O2S. The number of urea groups is 1. The Labute approximate surface area is 118 Å². The smallest absolute Gasteiger partial charge is 0.315 e. The van der Waals surface area contributed by atoms with E-state index >= 15 is 0 Å². The molecule has 1 fully saturated rings. The van der Waals surface area contributed by atoms with Crippen LogP contribution in [0.4, 0.5) is 4.79 Å². The van der Waals surface area contributed by atoms with E-state index in [4.69, 9.17) is 0 Å². The van der Waals surface area contributed by atoms with Crippen LogP contribution in [0.2, 0.25) is 0 Å².